The van der Waals surface area contributed by atoms with E-state index in [2.05, 4.69) is 16.0 Å². The molecule has 0 bridgehead atoms. The molecule has 0 fully saturated rings. The molecule has 0 aliphatic rings. The first kappa shape index (κ1) is 31.8. The number of benzene rings is 2. The smallest absolute Gasteiger partial charge is 0.408 e. The normalized spacial score (nSPS) is 13.6. The van der Waals surface area contributed by atoms with E-state index in [4.69, 9.17) is 10.5 Å². The quantitative estimate of drug-likeness (QED) is 0.252. The zero-order valence-corrected chi connectivity index (χ0v) is 23.9. The Hall–Kier alpha value is -3.39. The van der Waals surface area contributed by atoms with Gasteiger partial charge in [-0.05, 0) is 58.2 Å². The van der Waals surface area contributed by atoms with E-state index in [0.29, 0.717) is 19.5 Å². The van der Waals surface area contributed by atoms with Gasteiger partial charge in [-0.1, -0.05) is 79.9 Å². The van der Waals surface area contributed by atoms with Crippen LogP contribution in [0.2, 0.25) is 0 Å². The van der Waals surface area contributed by atoms with Gasteiger partial charge in [0.25, 0.3) is 0 Å². The third kappa shape index (κ3) is 12.3. The summed E-state index contributed by atoms with van der Waals surface area (Å²) in [5.41, 5.74) is 5.39. The van der Waals surface area contributed by atoms with Crippen LogP contribution in [0.25, 0.3) is 0 Å². The lowest BCUT2D eigenvalue weighted by atomic mass is 9.90. The Labute approximate surface area is 233 Å². The van der Waals surface area contributed by atoms with E-state index in [-0.39, 0.29) is 12.3 Å². The molecule has 0 unspecified atom stereocenters. The number of nitrogens with one attached hydrogen (secondary N) is 3. The molecular weight excluding hydrogens is 492 g/mol. The minimum absolute atomic E-state index is 0.248. The molecule has 8 nitrogen and oxygen atoms in total. The van der Waals surface area contributed by atoms with Gasteiger partial charge in [0.15, 0.2) is 0 Å². The highest BCUT2D eigenvalue weighted by Gasteiger charge is 2.37. The molecule has 2 aromatic carbocycles. The summed E-state index contributed by atoms with van der Waals surface area (Å²) in [6.07, 6.45) is 4.87. The van der Waals surface area contributed by atoms with E-state index in [1.54, 1.807) is 27.7 Å². The molecule has 2 atom stereocenters. The number of alkyl carbamates (subject to hydrolysis) is 1. The van der Waals surface area contributed by atoms with Crippen LogP contribution in [0.1, 0.15) is 70.9 Å². The van der Waals surface area contributed by atoms with Crippen molar-refractivity contribution in [3.8, 4) is 0 Å². The zero-order chi connectivity index (χ0) is 28.7. The summed E-state index contributed by atoms with van der Waals surface area (Å²) in [7, 11) is 0. The molecule has 3 amide bonds. The molecule has 2 aromatic rings. The summed E-state index contributed by atoms with van der Waals surface area (Å²) in [6, 6.07) is 18.0. The standard InChI is InChI=1S/C31H46N4O4/c1-30(2,3)39-29(38)34-26(22-24-16-10-8-11-17-24)27(36)35-31(4,23-25-18-12-9-13-19-25)28(37)33-21-15-7-5-6-14-20-32/h8-13,16-19,26H,5-7,14-15,20-23,32H2,1-4H3,(H,33,37)(H,34,38)(H,35,36)/t26-,31+/m0/s1. The van der Waals surface area contributed by atoms with Crippen molar-refractivity contribution in [2.24, 2.45) is 5.73 Å². The molecule has 0 aliphatic carbocycles. The molecule has 0 saturated carbocycles. The fourth-order valence-corrected chi connectivity index (χ4v) is 4.25. The van der Waals surface area contributed by atoms with Crippen molar-refractivity contribution in [3.05, 3.63) is 71.8 Å². The molecule has 8 heteroatoms. The Morgan fingerprint density at radius 3 is 1.97 bits per heavy atom. The fraction of sp³-hybridized carbons (Fsp3) is 0.516. The largest absolute Gasteiger partial charge is 0.444 e. The van der Waals surface area contributed by atoms with Crippen molar-refractivity contribution in [1.82, 2.24) is 16.0 Å². The molecule has 0 aliphatic heterocycles. The second-order valence-corrected chi connectivity index (χ2v) is 11.2. The number of carbonyl (C=O) groups excluding carboxylic acids is 3. The second kappa shape index (κ2) is 15.9. The monoisotopic (exact) mass is 538 g/mol. The topological polar surface area (TPSA) is 123 Å². The molecule has 0 heterocycles. The second-order valence-electron chi connectivity index (χ2n) is 11.2. The molecule has 214 valence electrons. The summed E-state index contributed by atoms with van der Waals surface area (Å²) < 4.78 is 5.41. The van der Waals surface area contributed by atoms with Crippen molar-refractivity contribution in [3.63, 3.8) is 0 Å². The van der Waals surface area contributed by atoms with E-state index in [9.17, 15) is 14.4 Å². The van der Waals surface area contributed by atoms with Gasteiger partial charge in [0.05, 0.1) is 0 Å². The summed E-state index contributed by atoms with van der Waals surface area (Å²) in [5, 5.41) is 8.68. The predicted molar refractivity (Wildman–Crippen MR) is 155 cm³/mol. The number of hydrogen-bond donors (Lipinski definition) is 4. The van der Waals surface area contributed by atoms with Crippen LogP contribution in [-0.4, -0.2) is 48.2 Å². The molecular formula is C31H46N4O4. The van der Waals surface area contributed by atoms with E-state index in [0.717, 1.165) is 43.2 Å². The van der Waals surface area contributed by atoms with Gasteiger partial charge in [-0.3, -0.25) is 9.59 Å². The summed E-state index contributed by atoms with van der Waals surface area (Å²) >= 11 is 0. The molecule has 2 rings (SSSR count). The first-order valence-corrected chi connectivity index (χ1v) is 13.9. The number of unbranched alkanes of at least 4 members (excludes halogenated alkanes) is 4. The number of hydrogen-bond acceptors (Lipinski definition) is 5. The van der Waals surface area contributed by atoms with Crippen LogP contribution in [0, 0.1) is 0 Å². The van der Waals surface area contributed by atoms with Crippen molar-refractivity contribution in [2.75, 3.05) is 13.1 Å². The van der Waals surface area contributed by atoms with Gasteiger partial charge in [-0.15, -0.1) is 0 Å². The minimum atomic E-state index is -1.23. The van der Waals surface area contributed by atoms with Gasteiger partial charge in [-0.25, -0.2) is 4.79 Å². The highest BCUT2D eigenvalue weighted by atomic mass is 16.6. The van der Waals surface area contributed by atoms with Gasteiger partial charge in [0.2, 0.25) is 11.8 Å². The lowest BCUT2D eigenvalue weighted by Crippen LogP contribution is -2.62. The first-order valence-electron chi connectivity index (χ1n) is 13.9. The minimum Gasteiger partial charge on any atom is -0.444 e. The van der Waals surface area contributed by atoms with Crippen LogP contribution < -0.4 is 21.7 Å². The van der Waals surface area contributed by atoms with Crippen molar-refractivity contribution in [1.29, 1.82) is 0 Å². The van der Waals surface area contributed by atoms with E-state index < -0.39 is 29.2 Å². The number of amides is 3. The van der Waals surface area contributed by atoms with Gasteiger partial charge < -0.3 is 26.4 Å². The first-order chi connectivity index (χ1) is 18.5. The summed E-state index contributed by atoms with van der Waals surface area (Å²) in [4.78, 5) is 39.8. The Kier molecular flexibility index (Phi) is 13.0. The molecule has 0 aromatic heterocycles. The number of rotatable bonds is 15. The van der Waals surface area contributed by atoms with Gasteiger partial charge in [0.1, 0.15) is 17.2 Å². The Morgan fingerprint density at radius 1 is 0.821 bits per heavy atom. The van der Waals surface area contributed by atoms with Crippen LogP contribution >= 0.6 is 0 Å². The van der Waals surface area contributed by atoms with Crippen molar-refractivity contribution < 1.29 is 19.1 Å². The third-order valence-electron chi connectivity index (χ3n) is 6.26. The van der Waals surface area contributed by atoms with Crippen LogP contribution in [0.15, 0.2) is 60.7 Å². The average molecular weight is 539 g/mol. The Balaban J connectivity index is 2.18. The van der Waals surface area contributed by atoms with Crippen LogP contribution in [0.4, 0.5) is 4.79 Å². The molecule has 0 radical (unpaired) electrons. The fourth-order valence-electron chi connectivity index (χ4n) is 4.25. The van der Waals surface area contributed by atoms with E-state index >= 15 is 0 Å². The Bertz CT molecular complexity index is 1020. The molecule has 0 spiro atoms. The van der Waals surface area contributed by atoms with Crippen molar-refractivity contribution in [2.45, 2.75) is 89.8 Å². The molecule has 5 N–H and O–H groups in total. The maximum atomic E-state index is 13.7. The third-order valence-corrected chi connectivity index (χ3v) is 6.26. The van der Waals surface area contributed by atoms with E-state index in [1.165, 1.54) is 0 Å². The van der Waals surface area contributed by atoms with Crippen LogP contribution in [0.5, 0.6) is 0 Å². The lowest BCUT2D eigenvalue weighted by Gasteiger charge is -2.32. The average Bonchev–Trinajstić information content (AvgIpc) is 2.87. The maximum absolute atomic E-state index is 13.7. The maximum Gasteiger partial charge on any atom is 0.408 e. The van der Waals surface area contributed by atoms with Crippen molar-refractivity contribution >= 4 is 17.9 Å². The lowest BCUT2D eigenvalue weighted by molar-refractivity contribution is -0.133. The van der Waals surface area contributed by atoms with Gasteiger partial charge in [0, 0.05) is 19.4 Å². The SMILES string of the molecule is CC(C)(C)OC(=O)N[C@@H](Cc1ccccc1)C(=O)N[C@](C)(Cc1ccccc1)C(=O)NCCCCCCCN. The highest BCUT2D eigenvalue weighted by molar-refractivity contribution is 5.94. The summed E-state index contributed by atoms with van der Waals surface area (Å²) in [5.74, 6) is -0.725. The van der Waals surface area contributed by atoms with Crippen LogP contribution in [0.3, 0.4) is 0 Å². The number of ether oxygens (including phenoxy) is 1. The number of nitrogens with two attached hydrogens (primary N) is 1. The van der Waals surface area contributed by atoms with Gasteiger partial charge in [-0.2, -0.15) is 0 Å². The summed E-state index contributed by atoms with van der Waals surface area (Å²) in [6.45, 7) is 8.23. The molecule has 39 heavy (non-hydrogen) atoms. The van der Waals surface area contributed by atoms with Gasteiger partial charge >= 0.3 is 6.09 Å². The highest BCUT2D eigenvalue weighted by Crippen LogP contribution is 2.16. The molecule has 0 saturated heterocycles. The van der Waals surface area contributed by atoms with Crippen LogP contribution in [-0.2, 0) is 27.2 Å². The predicted octanol–water partition coefficient (Wildman–Crippen LogP) is 4.27. The zero-order valence-electron chi connectivity index (χ0n) is 23.9. The van der Waals surface area contributed by atoms with E-state index in [1.807, 2.05) is 60.7 Å². The Morgan fingerprint density at radius 2 is 1.38 bits per heavy atom. The number of carbonyl (C=O) groups is 3.